The fraction of sp³-hybridized carbons (Fsp3) is 0.500. The summed E-state index contributed by atoms with van der Waals surface area (Å²) in [4.78, 5) is 24.2. The highest BCUT2D eigenvalue weighted by Gasteiger charge is 2.28. The van der Waals surface area contributed by atoms with Crippen LogP contribution in [0.3, 0.4) is 0 Å². The lowest BCUT2D eigenvalue weighted by Gasteiger charge is -2.32. The second-order valence-corrected chi connectivity index (χ2v) is 4.45. The topological polar surface area (TPSA) is 96.8 Å². The van der Waals surface area contributed by atoms with Gasteiger partial charge in [-0.05, 0) is 25.5 Å². The van der Waals surface area contributed by atoms with Crippen molar-refractivity contribution in [3.63, 3.8) is 0 Å². The fourth-order valence-corrected chi connectivity index (χ4v) is 2.34. The summed E-state index contributed by atoms with van der Waals surface area (Å²) in [6, 6.07) is 1.09. The van der Waals surface area contributed by atoms with Crippen molar-refractivity contribution in [1.82, 2.24) is 4.90 Å². The maximum Gasteiger partial charge on any atom is 0.339 e. The molecule has 3 N–H and O–H groups in total. The number of carboxylic acids is 1. The Morgan fingerprint density at radius 2 is 2.28 bits per heavy atom. The molecule has 1 aromatic heterocycles. The van der Waals surface area contributed by atoms with Crippen LogP contribution in [0.15, 0.2) is 16.7 Å². The predicted molar refractivity (Wildman–Crippen MR) is 62.9 cm³/mol. The lowest BCUT2D eigenvalue weighted by atomic mass is 10.0. The van der Waals surface area contributed by atoms with Crippen LogP contribution in [-0.4, -0.2) is 34.5 Å². The standard InChI is InChI=1S/C12H16N2O4/c13-11(15)9-3-1-2-5-14(9)7-10-8(12(16)17)4-6-18-10/h4,6,9H,1-3,5,7H2,(H2,13,15)(H,16,17). The molecule has 2 rings (SSSR count). The molecule has 1 atom stereocenters. The zero-order valence-electron chi connectivity index (χ0n) is 9.96. The van der Waals surface area contributed by atoms with Crippen LogP contribution in [-0.2, 0) is 11.3 Å². The van der Waals surface area contributed by atoms with Crippen LogP contribution in [0.1, 0.15) is 35.4 Å². The van der Waals surface area contributed by atoms with Crippen molar-refractivity contribution in [3.8, 4) is 0 Å². The Morgan fingerprint density at radius 1 is 1.50 bits per heavy atom. The Hall–Kier alpha value is -1.82. The minimum absolute atomic E-state index is 0.142. The van der Waals surface area contributed by atoms with Gasteiger partial charge in [0.15, 0.2) is 0 Å². The van der Waals surface area contributed by atoms with Crippen LogP contribution in [0, 0.1) is 0 Å². The molecule has 1 amide bonds. The van der Waals surface area contributed by atoms with Gasteiger partial charge in [-0.1, -0.05) is 6.42 Å². The van der Waals surface area contributed by atoms with E-state index in [1.54, 1.807) is 0 Å². The van der Waals surface area contributed by atoms with Crippen LogP contribution >= 0.6 is 0 Å². The number of piperidine rings is 1. The fourth-order valence-electron chi connectivity index (χ4n) is 2.34. The number of amides is 1. The summed E-state index contributed by atoms with van der Waals surface area (Å²) in [5.41, 5.74) is 5.50. The summed E-state index contributed by atoms with van der Waals surface area (Å²) >= 11 is 0. The minimum Gasteiger partial charge on any atom is -0.478 e. The van der Waals surface area contributed by atoms with Gasteiger partial charge in [-0.25, -0.2) is 4.79 Å². The Balaban J connectivity index is 2.13. The summed E-state index contributed by atoms with van der Waals surface area (Å²) in [5, 5.41) is 8.99. The lowest BCUT2D eigenvalue weighted by Crippen LogP contribution is -2.47. The summed E-state index contributed by atoms with van der Waals surface area (Å²) in [6.07, 6.45) is 4.02. The number of aromatic carboxylic acids is 1. The number of nitrogens with zero attached hydrogens (tertiary/aromatic N) is 1. The molecule has 1 aromatic rings. The number of carbonyl (C=O) groups is 2. The number of rotatable bonds is 4. The SMILES string of the molecule is NC(=O)C1CCCCN1Cc1occc1C(=O)O. The number of hydrogen-bond acceptors (Lipinski definition) is 4. The average molecular weight is 252 g/mol. The number of carbonyl (C=O) groups excluding carboxylic acids is 1. The van der Waals surface area contributed by atoms with Crippen LogP contribution in [0.2, 0.25) is 0 Å². The third-order valence-corrected chi connectivity index (χ3v) is 3.26. The maximum absolute atomic E-state index is 11.3. The Bertz CT molecular complexity index is 455. The van der Waals surface area contributed by atoms with Gasteiger partial charge in [0.05, 0.1) is 18.8 Å². The van der Waals surface area contributed by atoms with E-state index in [0.29, 0.717) is 12.3 Å². The van der Waals surface area contributed by atoms with E-state index < -0.39 is 5.97 Å². The highest BCUT2D eigenvalue weighted by molar-refractivity contribution is 5.88. The molecule has 0 spiro atoms. The van der Waals surface area contributed by atoms with Crippen molar-refractivity contribution in [3.05, 3.63) is 23.7 Å². The largest absolute Gasteiger partial charge is 0.478 e. The van der Waals surface area contributed by atoms with Crippen LogP contribution < -0.4 is 5.73 Å². The molecule has 1 saturated heterocycles. The first-order valence-electron chi connectivity index (χ1n) is 5.92. The summed E-state index contributed by atoms with van der Waals surface area (Å²) in [7, 11) is 0. The van der Waals surface area contributed by atoms with E-state index in [4.69, 9.17) is 15.3 Å². The first-order chi connectivity index (χ1) is 8.59. The Labute approximate surface area is 104 Å². The molecule has 18 heavy (non-hydrogen) atoms. The van der Waals surface area contributed by atoms with Crippen LogP contribution in [0.25, 0.3) is 0 Å². The Morgan fingerprint density at radius 3 is 2.94 bits per heavy atom. The molecule has 0 aliphatic carbocycles. The molecule has 1 unspecified atom stereocenters. The highest BCUT2D eigenvalue weighted by Crippen LogP contribution is 2.21. The average Bonchev–Trinajstić information content (AvgIpc) is 2.77. The molecule has 98 valence electrons. The van der Waals surface area contributed by atoms with Crippen molar-refractivity contribution in [1.29, 1.82) is 0 Å². The molecular weight excluding hydrogens is 236 g/mol. The lowest BCUT2D eigenvalue weighted by molar-refractivity contribution is -0.124. The molecule has 2 heterocycles. The summed E-state index contributed by atoms with van der Waals surface area (Å²) in [5.74, 6) is -1.01. The van der Waals surface area contributed by atoms with Crippen LogP contribution in [0.5, 0.6) is 0 Å². The van der Waals surface area contributed by atoms with Crippen molar-refractivity contribution in [2.24, 2.45) is 5.73 Å². The normalized spacial score (nSPS) is 20.8. The summed E-state index contributed by atoms with van der Waals surface area (Å²) in [6.45, 7) is 1.04. The summed E-state index contributed by atoms with van der Waals surface area (Å²) < 4.78 is 5.18. The van der Waals surface area contributed by atoms with Gasteiger partial charge in [0.25, 0.3) is 0 Å². The molecule has 6 heteroatoms. The molecule has 1 fully saturated rings. The van der Waals surface area contributed by atoms with Gasteiger partial charge in [0.2, 0.25) is 5.91 Å². The van der Waals surface area contributed by atoms with E-state index in [1.165, 1.54) is 12.3 Å². The zero-order chi connectivity index (χ0) is 13.1. The number of nitrogens with two attached hydrogens (primary N) is 1. The molecule has 6 nitrogen and oxygen atoms in total. The molecule has 0 aromatic carbocycles. The molecule has 0 radical (unpaired) electrons. The number of likely N-dealkylation sites (tertiary alicyclic amines) is 1. The third kappa shape index (κ3) is 2.53. The smallest absolute Gasteiger partial charge is 0.339 e. The van der Waals surface area contributed by atoms with Crippen molar-refractivity contribution >= 4 is 11.9 Å². The molecule has 1 aliphatic heterocycles. The second kappa shape index (κ2) is 5.22. The van der Waals surface area contributed by atoms with Gasteiger partial charge >= 0.3 is 5.97 Å². The van der Waals surface area contributed by atoms with Crippen LogP contribution in [0.4, 0.5) is 0 Å². The van der Waals surface area contributed by atoms with E-state index in [1.807, 2.05) is 4.90 Å². The van der Waals surface area contributed by atoms with Crippen molar-refractivity contribution < 1.29 is 19.1 Å². The second-order valence-electron chi connectivity index (χ2n) is 4.45. The minimum atomic E-state index is -1.02. The first kappa shape index (κ1) is 12.6. The van der Waals surface area contributed by atoms with Crippen molar-refractivity contribution in [2.45, 2.75) is 31.8 Å². The highest BCUT2D eigenvalue weighted by atomic mass is 16.4. The quantitative estimate of drug-likeness (QED) is 0.826. The van der Waals surface area contributed by atoms with Gasteiger partial charge in [-0.15, -0.1) is 0 Å². The van der Waals surface area contributed by atoms with Gasteiger partial charge in [0.1, 0.15) is 11.3 Å². The number of primary amides is 1. The predicted octanol–water partition coefficient (Wildman–Crippen LogP) is 0.818. The van der Waals surface area contributed by atoms with Gasteiger partial charge < -0.3 is 15.3 Å². The number of hydrogen-bond donors (Lipinski definition) is 2. The first-order valence-corrected chi connectivity index (χ1v) is 5.92. The maximum atomic E-state index is 11.3. The van der Waals surface area contributed by atoms with Gasteiger partial charge in [-0.2, -0.15) is 0 Å². The van der Waals surface area contributed by atoms with E-state index >= 15 is 0 Å². The van der Waals surface area contributed by atoms with E-state index in [0.717, 1.165) is 25.8 Å². The van der Waals surface area contributed by atoms with Gasteiger partial charge in [-0.3, -0.25) is 9.69 Å². The van der Waals surface area contributed by atoms with Gasteiger partial charge in [0, 0.05) is 0 Å². The van der Waals surface area contributed by atoms with E-state index in [-0.39, 0.29) is 17.5 Å². The zero-order valence-corrected chi connectivity index (χ0v) is 9.96. The monoisotopic (exact) mass is 252 g/mol. The van der Waals surface area contributed by atoms with Crippen molar-refractivity contribution in [2.75, 3.05) is 6.54 Å². The molecular formula is C12H16N2O4. The molecule has 0 saturated carbocycles. The van der Waals surface area contributed by atoms with E-state index in [9.17, 15) is 9.59 Å². The third-order valence-electron chi connectivity index (χ3n) is 3.26. The Kier molecular flexibility index (Phi) is 3.66. The number of furan rings is 1. The molecule has 0 bridgehead atoms. The molecule has 1 aliphatic rings. The number of carboxylic acid groups (broad SMARTS) is 1. The van der Waals surface area contributed by atoms with E-state index in [2.05, 4.69) is 0 Å².